The maximum atomic E-state index is 12.2. The zero-order chi connectivity index (χ0) is 17.1. The van der Waals surface area contributed by atoms with E-state index in [4.69, 9.17) is 4.42 Å². The van der Waals surface area contributed by atoms with Gasteiger partial charge in [-0.15, -0.1) is 0 Å². The summed E-state index contributed by atoms with van der Waals surface area (Å²) >= 11 is 0. The van der Waals surface area contributed by atoms with Gasteiger partial charge in [0.05, 0.1) is 5.52 Å². The van der Waals surface area contributed by atoms with Crippen LogP contribution >= 0.6 is 0 Å². The number of likely N-dealkylation sites (tertiary alicyclic amines) is 1. The number of para-hydroxylation sites is 2. The topological polar surface area (TPSA) is 67.5 Å². The maximum Gasteiger partial charge on any atom is 0.420 e. The first-order chi connectivity index (χ1) is 11.5. The number of amides is 1. The highest BCUT2D eigenvalue weighted by Crippen LogP contribution is 2.18. The average molecular weight is 331 g/mol. The van der Waals surface area contributed by atoms with Crippen molar-refractivity contribution in [3.05, 3.63) is 34.8 Å². The molecule has 130 valence electrons. The Bertz CT molecular complexity index is 754. The predicted molar refractivity (Wildman–Crippen MR) is 92.9 cm³/mol. The molecule has 0 bridgehead atoms. The molecule has 0 saturated carbocycles. The van der Waals surface area contributed by atoms with Crippen molar-refractivity contribution in [3.63, 3.8) is 0 Å². The summed E-state index contributed by atoms with van der Waals surface area (Å²) in [6.45, 7) is 7.29. The smallest absolute Gasteiger partial charge is 0.408 e. The van der Waals surface area contributed by atoms with Crippen molar-refractivity contribution in [1.82, 2.24) is 14.8 Å². The third kappa shape index (κ3) is 3.70. The largest absolute Gasteiger partial charge is 0.420 e. The molecule has 1 fully saturated rings. The molecule has 0 spiro atoms. The van der Waals surface area contributed by atoms with Gasteiger partial charge >= 0.3 is 5.76 Å². The zero-order valence-electron chi connectivity index (χ0n) is 14.3. The molecule has 0 radical (unpaired) electrons. The Labute approximate surface area is 141 Å². The summed E-state index contributed by atoms with van der Waals surface area (Å²) in [6, 6.07) is 7.73. The van der Waals surface area contributed by atoms with E-state index in [0.717, 1.165) is 25.9 Å². The number of hydrogen-bond donors (Lipinski definition) is 1. The van der Waals surface area contributed by atoms with Crippen LogP contribution < -0.4 is 11.1 Å². The number of hydrogen-bond acceptors (Lipinski definition) is 4. The summed E-state index contributed by atoms with van der Waals surface area (Å²) in [5.41, 5.74) is 1.17. The van der Waals surface area contributed by atoms with Gasteiger partial charge in [-0.1, -0.05) is 12.1 Å². The quantitative estimate of drug-likeness (QED) is 0.908. The van der Waals surface area contributed by atoms with Gasteiger partial charge in [0.1, 0.15) is 6.54 Å². The Morgan fingerprint density at radius 3 is 2.71 bits per heavy atom. The SMILES string of the molecule is CC(C)N1CCC(CNC(=O)Cn2c(=O)oc3ccccc32)CC1. The molecule has 1 aliphatic heterocycles. The first-order valence-corrected chi connectivity index (χ1v) is 8.63. The van der Waals surface area contributed by atoms with Crippen molar-refractivity contribution in [2.45, 2.75) is 39.3 Å². The number of carbonyl (C=O) groups excluding carboxylic acids is 1. The molecule has 24 heavy (non-hydrogen) atoms. The lowest BCUT2D eigenvalue weighted by Crippen LogP contribution is -2.42. The van der Waals surface area contributed by atoms with E-state index in [-0.39, 0.29) is 12.5 Å². The van der Waals surface area contributed by atoms with Crippen molar-refractivity contribution in [2.24, 2.45) is 5.92 Å². The highest BCUT2D eigenvalue weighted by molar-refractivity contribution is 5.79. The van der Waals surface area contributed by atoms with Crippen LogP contribution in [0.5, 0.6) is 0 Å². The molecular weight excluding hydrogens is 306 g/mol. The molecule has 2 heterocycles. The van der Waals surface area contributed by atoms with Gasteiger partial charge in [-0.2, -0.15) is 0 Å². The van der Waals surface area contributed by atoms with E-state index in [2.05, 4.69) is 24.1 Å². The fourth-order valence-corrected chi connectivity index (χ4v) is 3.29. The van der Waals surface area contributed by atoms with Crippen LogP contribution in [0.15, 0.2) is 33.5 Å². The van der Waals surface area contributed by atoms with Crippen molar-refractivity contribution < 1.29 is 9.21 Å². The van der Waals surface area contributed by atoms with Gasteiger partial charge in [-0.25, -0.2) is 4.79 Å². The molecular formula is C18H25N3O3. The van der Waals surface area contributed by atoms with Crippen LogP contribution in [0.4, 0.5) is 0 Å². The van der Waals surface area contributed by atoms with Crippen LogP contribution in [0.25, 0.3) is 11.1 Å². The average Bonchev–Trinajstić information content (AvgIpc) is 2.89. The van der Waals surface area contributed by atoms with E-state index in [0.29, 0.717) is 29.6 Å². The van der Waals surface area contributed by atoms with Gasteiger partial charge in [0.2, 0.25) is 5.91 Å². The molecule has 1 aromatic carbocycles. The molecule has 1 amide bonds. The summed E-state index contributed by atoms with van der Waals surface area (Å²) in [6.07, 6.45) is 2.21. The predicted octanol–water partition coefficient (Wildman–Crippen LogP) is 1.83. The minimum Gasteiger partial charge on any atom is -0.408 e. The van der Waals surface area contributed by atoms with E-state index >= 15 is 0 Å². The number of fused-ring (bicyclic) bond motifs is 1. The highest BCUT2D eigenvalue weighted by Gasteiger charge is 2.21. The van der Waals surface area contributed by atoms with Gasteiger partial charge in [-0.05, 0) is 57.8 Å². The second kappa shape index (κ2) is 7.21. The molecule has 0 atom stereocenters. The van der Waals surface area contributed by atoms with Gasteiger partial charge in [0.15, 0.2) is 5.58 Å². The Kier molecular flexibility index (Phi) is 5.04. The fraction of sp³-hybridized carbons (Fsp3) is 0.556. The molecule has 2 aromatic rings. The number of rotatable bonds is 5. The highest BCUT2D eigenvalue weighted by atomic mass is 16.4. The minimum absolute atomic E-state index is 0.000680. The molecule has 3 rings (SSSR count). The normalized spacial score (nSPS) is 16.8. The summed E-state index contributed by atoms with van der Waals surface area (Å²) in [5, 5.41) is 2.97. The van der Waals surface area contributed by atoms with Crippen LogP contribution in [0.2, 0.25) is 0 Å². The Morgan fingerprint density at radius 2 is 2.00 bits per heavy atom. The van der Waals surface area contributed by atoms with Gasteiger partial charge in [0, 0.05) is 12.6 Å². The molecule has 1 N–H and O–H groups in total. The number of aromatic nitrogens is 1. The molecule has 6 nitrogen and oxygen atoms in total. The zero-order valence-corrected chi connectivity index (χ0v) is 14.3. The number of oxazole rings is 1. The summed E-state index contributed by atoms with van der Waals surface area (Å²) in [7, 11) is 0. The third-order valence-electron chi connectivity index (χ3n) is 4.84. The maximum absolute atomic E-state index is 12.2. The van der Waals surface area contributed by atoms with Crippen LogP contribution in [0.3, 0.4) is 0 Å². The monoisotopic (exact) mass is 331 g/mol. The number of nitrogens with one attached hydrogen (secondary N) is 1. The van der Waals surface area contributed by atoms with Gasteiger partial charge < -0.3 is 14.6 Å². The van der Waals surface area contributed by atoms with Gasteiger partial charge in [-0.3, -0.25) is 9.36 Å². The Balaban J connectivity index is 1.53. The van der Waals surface area contributed by atoms with Gasteiger partial charge in [0.25, 0.3) is 0 Å². The van der Waals surface area contributed by atoms with E-state index < -0.39 is 5.76 Å². The van der Waals surface area contributed by atoms with Crippen LogP contribution in [-0.4, -0.2) is 41.1 Å². The van der Waals surface area contributed by atoms with Crippen LogP contribution in [-0.2, 0) is 11.3 Å². The lowest BCUT2D eigenvalue weighted by atomic mass is 9.96. The second-order valence-electron chi connectivity index (χ2n) is 6.80. The standard InChI is InChI=1S/C18H25N3O3/c1-13(2)20-9-7-14(8-10-20)11-19-17(22)12-21-15-5-3-4-6-16(15)24-18(21)23/h3-6,13-14H,7-12H2,1-2H3,(H,19,22). The van der Waals surface area contributed by atoms with E-state index in [1.807, 2.05) is 6.07 Å². The Morgan fingerprint density at radius 1 is 1.29 bits per heavy atom. The van der Waals surface area contributed by atoms with E-state index in [1.165, 1.54) is 4.57 Å². The molecule has 0 aliphatic carbocycles. The van der Waals surface area contributed by atoms with Crippen molar-refractivity contribution in [1.29, 1.82) is 0 Å². The van der Waals surface area contributed by atoms with Crippen LogP contribution in [0, 0.1) is 5.92 Å². The summed E-state index contributed by atoms with van der Waals surface area (Å²) < 4.78 is 6.53. The van der Waals surface area contributed by atoms with E-state index in [9.17, 15) is 9.59 Å². The Hall–Kier alpha value is -2.08. The lowest BCUT2D eigenvalue weighted by molar-refractivity contribution is -0.122. The number of benzene rings is 1. The van der Waals surface area contributed by atoms with Crippen molar-refractivity contribution in [3.8, 4) is 0 Å². The first kappa shape index (κ1) is 16.8. The lowest BCUT2D eigenvalue weighted by Gasteiger charge is -2.34. The summed E-state index contributed by atoms with van der Waals surface area (Å²) in [4.78, 5) is 26.6. The first-order valence-electron chi connectivity index (χ1n) is 8.63. The molecule has 0 unspecified atom stereocenters. The second-order valence-corrected chi connectivity index (χ2v) is 6.80. The number of carbonyl (C=O) groups is 1. The number of nitrogens with zero attached hydrogens (tertiary/aromatic N) is 2. The minimum atomic E-state index is -0.489. The summed E-state index contributed by atoms with van der Waals surface area (Å²) in [5.74, 6) is -0.117. The fourth-order valence-electron chi connectivity index (χ4n) is 3.29. The molecule has 1 aromatic heterocycles. The third-order valence-corrected chi connectivity index (χ3v) is 4.84. The van der Waals surface area contributed by atoms with Crippen molar-refractivity contribution >= 4 is 17.0 Å². The molecule has 1 aliphatic rings. The van der Waals surface area contributed by atoms with Crippen molar-refractivity contribution in [2.75, 3.05) is 19.6 Å². The van der Waals surface area contributed by atoms with Crippen LogP contribution in [0.1, 0.15) is 26.7 Å². The molecule has 6 heteroatoms. The molecule has 1 saturated heterocycles. The van der Waals surface area contributed by atoms with E-state index in [1.54, 1.807) is 18.2 Å². The number of piperidine rings is 1.